The number of sulfonamides is 1. The SMILES string of the molecule is CNC(=O)[C@H](C)N(Cc1ccc(Br)cc1)C(=O)CN(c1cccc(OC)c1)S(=O)(=O)c1ccc(C)cc1. The number of aryl methyl sites for hydroxylation is 1. The van der Waals surface area contributed by atoms with Crippen LogP contribution in [0.1, 0.15) is 18.1 Å². The molecule has 0 aliphatic rings. The van der Waals surface area contributed by atoms with Crippen LogP contribution in [0.4, 0.5) is 5.69 Å². The molecule has 2 amide bonds. The first-order valence-electron chi connectivity index (χ1n) is 11.6. The van der Waals surface area contributed by atoms with E-state index in [2.05, 4.69) is 21.2 Å². The highest BCUT2D eigenvalue weighted by Gasteiger charge is 2.32. The van der Waals surface area contributed by atoms with Gasteiger partial charge in [0.2, 0.25) is 11.8 Å². The van der Waals surface area contributed by atoms with E-state index in [1.54, 1.807) is 43.3 Å². The largest absolute Gasteiger partial charge is 0.497 e. The number of ether oxygens (including phenoxy) is 1. The molecule has 37 heavy (non-hydrogen) atoms. The van der Waals surface area contributed by atoms with Gasteiger partial charge in [0, 0.05) is 24.1 Å². The number of amides is 2. The van der Waals surface area contributed by atoms with Gasteiger partial charge >= 0.3 is 0 Å². The summed E-state index contributed by atoms with van der Waals surface area (Å²) >= 11 is 3.39. The number of carbonyl (C=O) groups is 2. The Morgan fingerprint density at radius 1 is 1.03 bits per heavy atom. The van der Waals surface area contributed by atoms with Crippen molar-refractivity contribution in [1.82, 2.24) is 10.2 Å². The van der Waals surface area contributed by atoms with E-state index in [1.807, 2.05) is 31.2 Å². The molecular formula is C27H30BrN3O5S. The molecule has 0 aliphatic carbocycles. The number of rotatable bonds is 10. The number of methoxy groups -OCH3 is 1. The topological polar surface area (TPSA) is 96.0 Å². The lowest BCUT2D eigenvalue weighted by atomic mass is 10.1. The molecule has 8 nitrogen and oxygen atoms in total. The van der Waals surface area contributed by atoms with E-state index in [4.69, 9.17) is 4.74 Å². The van der Waals surface area contributed by atoms with E-state index in [-0.39, 0.29) is 23.0 Å². The van der Waals surface area contributed by atoms with E-state index in [0.717, 1.165) is 19.9 Å². The van der Waals surface area contributed by atoms with Gasteiger partial charge in [-0.2, -0.15) is 0 Å². The average Bonchev–Trinajstić information content (AvgIpc) is 2.90. The van der Waals surface area contributed by atoms with Crippen molar-refractivity contribution in [3.63, 3.8) is 0 Å². The minimum absolute atomic E-state index is 0.0486. The van der Waals surface area contributed by atoms with E-state index in [0.29, 0.717) is 5.75 Å². The molecule has 3 aromatic carbocycles. The fourth-order valence-corrected chi connectivity index (χ4v) is 5.38. The van der Waals surface area contributed by atoms with Crippen molar-refractivity contribution in [3.05, 3.63) is 88.4 Å². The van der Waals surface area contributed by atoms with Crippen LogP contribution in [0.2, 0.25) is 0 Å². The summed E-state index contributed by atoms with van der Waals surface area (Å²) in [6, 6.07) is 19.4. The maximum Gasteiger partial charge on any atom is 0.264 e. The lowest BCUT2D eigenvalue weighted by molar-refractivity contribution is -0.139. The third-order valence-electron chi connectivity index (χ3n) is 5.91. The third-order valence-corrected chi connectivity index (χ3v) is 8.23. The van der Waals surface area contributed by atoms with E-state index < -0.39 is 28.5 Å². The Bertz CT molecular complexity index is 1350. The van der Waals surface area contributed by atoms with Gasteiger partial charge in [-0.25, -0.2) is 8.42 Å². The van der Waals surface area contributed by atoms with E-state index >= 15 is 0 Å². The Balaban J connectivity index is 2.04. The lowest BCUT2D eigenvalue weighted by Crippen LogP contribution is -2.50. The first kappa shape index (κ1) is 28.2. The summed E-state index contributed by atoms with van der Waals surface area (Å²) in [5.41, 5.74) is 1.97. The number of nitrogens with one attached hydrogen (secondary N) is 1. The summed E-state index contributed by atoms with van der Waals surface area (Å²) in [6.07, 6.45) is 0. The van der Waals surface area contributed by atoms with Crippen molar-refractivity contribution in [3.8, 4) is 5.75 Å². The minimum atomic E-state index is -4.13. The van der Waals surface area contributed by atoms with Crippen LogP contribution in [0.3, 0.4) is 0 Å². The fraction of sp³-hybridized carbons (Fsp3) is 0.259. The van der Waals surface area contributed by atoms with Crippen LogP contribution < -0.4 is 14.4 Å². The third kappa shape index (κ3) is 6.90. The van der Waals surface area contributed by atoms with Gasteiger partial charge in [-0.15, -0.1) is 0 Å². The van der Waals surface area contributed by atoms with Crippen molar-refractivity contribution < 1.29 is 22.7 Å². The highest BCUT2D eigenvalue weighted by Crippen LogP contribution is 2.28. The summed E-state index contributed by atoms with van der Waals surface area (Å²) < 4.78 is 34.8. The molecule has 0 heterocycles. The van der Waals surface area contributed by atoms with Crippen molar-refractivity contribution in [2.45, 2.75) is 31.3 Å². The van der Waals surface area contributed by atoms with Crippen LogP contribution in [0.15, 0.2) is 82.2 Å². The normalized spacial score (nSPS) is 11.9. The molecular weight excluding hydrogens is 558 g/mol. The molecule has 0 saturated heterocycles. The summed E-state index contributed by atoms with van der Waals surface area (Å²) in [6.45, 7) is 3.08. The smallest absolute Gasteiger partial charge is 0.264 e. The molecule has 0 unspecified atom stereocenters. The van der Waals surface area contributed by atoms with Gasteiger partial charge in [0.1, 0.15) is 18.3 Å². The first-order chi connectivity index (χ1) is 17.6. The van der Waals surface area contributed by atoms with Gasteiger partial charge in [-0.1, -0.05) is 51.8 Å². The Morgan fingerprint density at radius 3 is 2.27 bits per heavy atom. The van der Waals surface area contributed by atoms with Gasteiger partial charge in [0.15, 0.2) is 0 Å². The monoisotopic (exact) mass is 587 g/mol. The second kappa shape index (κ2) is 12.2. The van der Waals surface area contributed by atoms with Crippen molar-refractivity contribution in [2.75, 3.05) is 25.0 Å². The zero-order valence-electron chi connectivity index (χ0n) is 21.1. The summed E-state index contributed by atoms with van der Waals surface area (Å²) in [7, 11) is -1.16. The Labute approximate surface area is 226 Å². The number of hydrogen-bond donors (Lipinski definition) is 1. The number of hydrogen-bond acceptors (Lipinski definition) is 5. The summed E-state index contributed by atoms with van der Waals surface area (Å²) in [4.78, 5) is 27.7. The summed E-state index contributed by atoms with van der Waals surface area (Å²) in [5, 5.41) is 2.57. The summed E-state index contributed by atoms with van der Waals surface area (Å²) in [5.74, 6) is -0.447. The number of anilines is 1. The maximum atomic E-state index is 13.8. The van der Waals surface area contributed by atoms with E-state index in [1.165, 1.54) is 31.2 Å². The Hall–Kier alpha value is -3.37. The molecule has 0 fully saturated rings. The number of nitrogens with zero attached hydrogens (tertiary/aromatic N) is 2. The molecule has 1 atom stereocenters. The lowest BCUT2D eigenvalue weighted by Gasteiger charge is -2.32. The minimum Gasteiger partial charge on any atom is -0.497 e. The Kier molecular flexibility index (Phi) is 9.34. The quantitative estimate of drug-likeness (QED) is 0.385. The highest BCUT2D eigenvalue weighted by atomic mass is 79.9. The number of halogens is 1. The van der Waals surface area contributed by atoms with Crippen LogP contribution >= 0.6 is 15.9 Å². The standard InChI is InChI=1S/C27H30BrN3O5S/c1-19-8-14-25(15-9-19)37(34,35)31(23-6-5-7-24(16-23)36-4)18-26(32)30(20(2)27(33)29-3)17-21-10-12-22(28)13-11-21/h5-16,20H,17-18H2,1-4H3,(H,29,33)/t20-/m0/s1. The van der Waals surface area contributed by atoms with Crippen LogP contribution in [0.25, 0.3) is 0 Å². The van der Waals surface area contributed by atoms with Crippen molar-refractivity contribution in [2.24, 2.45) is 0 Å². The second-order valence-electron chi connectivity index (χ2n) is 8.46. The van der Waals surface area contributed by atoms with Gasteiger partial charge in [-0.3, -0.25) is 13.9 Å². The molecule has 1 N–H and O–H groups in total. The van der Waals surface area contributed by atoms with Crippen molar-refractivity contribution >= 4 is 43.5 Å². The zero-order valence-corrected chi connectivity index (χ0v) is 23.5. The van der Waals surface area contributed by atoms with Gasteiger partial charge < -0.3 is 15.0 Å². The van der Waals surface area contributed by atoms with Crippen LogP contribution in [0.5, 0.6) is 5.75 Å². The van der Waals surface area contributed by atoms with Crippen molar-refractivity contribution in [1.29, 1.82) is 0 Å². The predicted molar refractivity (Wildman–Crippen MR) is 147 cm³/mol. The molecule has 0 aromatic heterocycles. The molecule has 0 spiro atoms. The van der Waals surface area contributed by atoms with Crippen LogP contribution in [-0.2, 0) is 26.2 Å². The first-order valence-corrected chi connectivity index (χ1v) is 13.8. The highest BCUT2D eigenvalue weighted by molar-refractivity contribution is 9.10. The Morgan fingerprint density at radius 2 is 1.68 bits per heavy atom. The molecule has 0 saturated carbocycles. The molecule has 196 valence electrons. The zero-order chi connectivity index (χ0) is 27.2. The molecule has 10 heteroatoms. The second-order valence-corrected chi connectivity index (χ2v) is 11.2. The number of benzene rings is 3. The predicted octanol–water partition coefficient (Wildman–Crippen LogP) is 4.12. The van der Waals surface area contributed by atoms with Crippen LogP contribution in [-0.4, -0.2) is 51.9 Å². The van der Waals surface area contributed by atoms with Gasteiger partial charge in [-0.05, 0) is 55.8 Å². The molecule has 3 rings (SSSR count). The molecule has 0 radical (unpaired) electrons. The molecule has 0 bridgehead atoms. The number of likely N-dealkylation sites (N-methyl/N-ethyl adjacent to an activating group) is 1. The molecule has 0 aliphatic heterocycles. The maximum absolute atomic E-state index is 13.8. The van der Waals surface area contributed by atoms with Gasteiger partial charge in [0.25, 0.3) is 10.0 Å². The molecule has 3 aromatic rings. The average molecular weight is 589 g/mol. The van der Waals surface area contributed by atoms with E-state index in [9.17, 15) is 18.0 Å². The fourth-order valence-electron chi connectivity index (χ4n) is 3.71. The van der Waals surface area contributed by atoms with Crippen LogP contribution in [0, 0.1) is 6.92 Å². The van der Waals surface area contributed by atoms with Gasteiger partial charge in [0.05, 0.1) is 17.7 Å². The number of carbonyl (C=O) groups excluding carboxylic acids is 2.